The standard InChI is InChI=1S/C13H17NO3S/c1-3-15-12-7-9-10(5-6-18)14-17-11(9)8-13(12)16-4-2/h7-8,18H,3-6H2,1-2H3. The third-order valence-electron chi connectivity index (χ3n) is 2.56. The zero-order valence-corrected chi connectivity index (χ0v) is 11.5. The molecule has 2 rings (SSSR count). The second-order valence-electron chi connectivity index (χ2n) is 3.76. The molecule has 98 valence electrons. The fraction of sp³-hybridized carbons (Fsp3) is 0.462. The van der Waals surface area contributed by atoms with Gasteiger partial charge >= 0.3 is 0 Å². The minimum atomic E-state index is 0.587. The van der Waals surface area contributed by atoms with E-state index in [9.17, 15) is 0 Å². The molecule has 0 aliphatic heterocycles. The molecule has 0 saturated carbocycles. The molecule has 18 heavy (non-hydrogen) atoms. The van der Waals surface area contributed by atoms with E-state index in [1.165, 1.54) is 0 Å². The third kappa shape index (κ3) is 2.56. The highest BCUT2D eigenvalue weighted by Gasteiger charge is 2.14. The second-order valence-corrected chi connectivity index (χ2v) is 4.21. The zero-order valence-electron chi connectivity index (χ0n) is 10.6. The van der Waals surface area contributed by atoms with E-state index < -0.39 is 0 Å². The van der Waals surface area contributed by atoms with Crippen LogP contribution < -0.4 is 9.47 Å². The Morgan fingerprint density at radius 3 is 2.44 bits per heavy atom. The molecule has 1 aromatic heterocycles. The van der Waals surface area contributed by atoms with E-state index in [0.717, 1.165) is 34.6 Å². The fourth-order valence-corrected chi connectivity index (χ4v) is 2.03. The highest BCUT2D eigenvalue weighted by molar-refractivity contribution is 7.80. The van der Waals surface area contributed by atoms with E-state index in [-0.39, 0.29) is 0 Å². The Labute approximate surface area is 112 Å². The van der Waals surface area contributed by atoms with Gasteiger partial charge in [0.15, 0.2) is 17.1 Å². The third-order valence-corrected chi connectivity index (χ3v) is 2.78. The van der Waals surface area contributed by atoms with Crippen LogP contribution >= 0.6 is 12.6 Å². The summed E-state index contributed by atoms with van der Waals surface area (Å²) in [7, 11) is 0. The van der Waals surface area contributed by atoms with E-state index in [0.29, 0.717) is 19.0 Å². The summed E-state index contributed by atoms with van der Waals surface area (Å²) in [5.41, 5.74) is 1.63. The molecular formula is C13H17NO3S. The van der Waals surface area contributed by atoms with Gasteiger partial charge in [0, 0.05) is 17.9 Å². The van der Waals surface area contributed by atoms with Gasteiger partial charge in [-0.25, -0.2) is 0 Å². The number of hydrogen-bond donors (Lipinski definition) is 1. The van der Waals surface area contributed by atoms with Crippen molar-refractivity contribution in [2.45, 2.75) is 20.3 Å². The number of ether oxygens (including phenoxy) is 2. The van der Waals surface area contributed by atoms with Gasteiger partial charge in [-0.15, -0.1) is 0 Å². The summed E-state index contributed by atoms with van der Waals surface area (Å²) in [4.78, 5) is 0. The zero-order chi connectivity index (χ0) is 13.0. The van der Waals surface area contributed by atoms with E-state index in [1.807, 2.05) is 26.0 Å². The van der Waals surface area contributed by atoms with Gasteiger partial charge in [0.05, 0.1) is 18.9 Å². The van der Waals surface area contributed by atoms with Crippen LogP contribution in [0, 0.1) is 0 Å². The lowest BCUT2D eigenvalue weighted by atomic mass is 10.1. The van der Waals surface area contributed by atoms with E-state index >= 15 is 0 Å². The average Bonchev–Trinajstić information content (AvgIpc) is 2.74. The van der Waals surface area contributed by atoms with Crippen LogP contribution in [0.5, 0.6) is 11.5 Å². The van der Waals surface area contributed by atoms with Crippen molar-refractivity contribution in [3.05, 3.63) is 17.8 Å². The minimum absolute atomic E-state index is 0.587. The van der Waals surface area contributed by atoms with Crippen LogP contribution in [0.1, 0.15) is 19.5 Å². The fourth-order valence-electron chi connectivity index (χ4n) is 1.82. The number of hydrogen-bond acceptors (Lipinski definition) is 5. The molecular weight excluding hydrogens is 250 g/mol. The Morgan fingerprint density at radius 1 is 1.17 bits per heavy atom. The Bertz CT molecular complexity index is 524. The number of benzene rings is 1. The highest BCUT2D eigenvalue weighted by atomic mass is 32.1. The van der Waals surface area contributed by atoms with Crippen LogP contribution in [-0.2, 0) is 6.42 Å². The molecule has 0 spiro atoms. The average molecular weight is 267 g/mol. The van der Waals surface area contributed by atoms with Gasteiger partial charge in [0.1, 0.15) is 0 Å². The second kappa shape index (κ2) is 6.00. The first-order chi connectivity index (χ1) is 8.80. The van der Waals surface area contributed by atoms with Gasteiger partial charge < -0.3 is 14.0 Å². The summed E-state index contributed by atoms with van der Waals surface area (Å²) < 4.78 is 16.4. The van der Waals surface area contributed by atoms with Crippen LogP contribution in [0.15, 0.2) is 16.7 Å². The summed E-state index contributed by atoms with van der Waals surface area (Å²) in [5.74, 6) is 2.16. The molecule has 0 atom stereocenters. The minimum Gasteiger partial charge on any atom is -0.490 e. The maximum Gasteiger partial charge on any atom is 0.171 e. The van der Waals surface area contributed by atoms with Crippen molar-refractivity contribution in [1.82, 2.24) is 5.16 Å². The van der Waals surface area contributed by atoms with Crippen LogP contribution in [-0.4, -0.2) is 24.1 Å². The molecule has 0 radical (unpaired) electrons. The molecule has 0 N–H and O–H groups in total. The van der Waals surface area contributed by atoms with Gasteiger partial charge in [-0.05, 0) is 25.7 Å². The quantitative estimate of drug-likeness (QED) is 0.817. The molecule has 0 aliphatic rings. The molecule has 1 heterocycles. The molecule has 4 nitrogen and oxygen atoms in total. The highest BCUT2D eigenvalue weighted by Crippen LogP contribution is 2.34. The Morgan fingerprint density at radius 2 is 1.83 bits per heavy atom. The number of aromatic nitrogens is 1. The largest absolute Gasteiger partial charge is 0.490 e. The van der Waals surface area contributed by atoms with Gasteiger partial charge in [0.25, 0.3) is 0 Å². The molecule has 0 aliphatic carbocycles. The summed E-state index contributed by atoms with van der Waals surface area (Å²) in [6, 6.07) is 3.76. The van der Waals surface area contributed by atoms with Gasteiger partial charge in [-0.2, -0.15) is 12.6 Å². The SMILES string of the molecule is CCOc1cc2onc(CCS)c2cc1OCC. The van der Waals surface area contributed by atoms with Crippen molar-refractivity contribution in [2.24, 2.45) is 0 Å². The van der Waals surface area contributed by atoms with E-state index in [2.05, 4.69) is 17.8 Å². The molecule has 0 amide bonds. The maximum absolute atomic E-state index is 5.59. The van der Waals surface area contributed by atoms with Crippen LogP contribution in [0.2, 0.25) is 0 Å². The Kier molecular flexibility index (Phi) is 4.36. The smallest absolute Gasteiger partial charge is 0.171 e. The van der Waals surface area contributed by atoms with Crippen molar-refractivity contribution < 1.29 is 14.0 Å². The molecule has 0 fully saturated rings. The Hall–Kier alpha value is -1.36. The predicted molar refractivity (Wildman–Crippen MR) is 73.9 cm³/mol. The van der Waals surface area contributed by atoms with Crippen LogP contribution in [0.4, 0.5) is 0 Å². The Balaban J connectivity index is 2.48. The summed E-state index contributed by atoms with van der Waals surface area (Å²) in [6.45, 7) is 5.07. The van der Waals surface area contributed by atoms with E-state index in [4.69, 9.17) is 14.0 Å². The van der Waals surface area contributed by atoms with Gasteiger partial charge in [0.2, 0.25) is 0 Å². The number of aryl methyl sites for hydroxylation is 1. The van der Waals surface area contributed by atoms with Gasteiger partial charge in [-0.3, -0.25) is 0 Å². The first-order valence-corrected chi connectivity index (χ1v) is 6.72. The van der Waals surface area contributed by atoms with Crippen molar-refractivity contribution in [2.75, 3.05) is 19.0 Å². The van der Waals surface area contributed by atoms with Gasteiger partial charge in [-0.1, -0.05) is 5.16 Å². The van der Waals surface area contributed by atoms with Crippen LogP contribution in [0.25, 0.3) is 11.0 Å². The summed E-state index contributed by atoms with van der Waals surface area (Å²) in [6.07, 6.45) is 0.773. The molecule has 0 bridgehead atoms. The lowest BCUT2D eigenvalue weighted by Gasteiger charge is -2.10. The summed E-state index contributed by atoms with van der Waals surface area (Å²) in [5, 5.41) is 5.02. The monoisotopic (exact) mass is 267 g/mol. The van der Waals surface area contributed by atoms with Crippen LogP contribution in [0.3, 0.4) is 0 Å². The predicted octanol–water partition coefficient (Wildman–Crippen LogP) is 3.10. The lowest BCUT2D eigenvalue weighted by molar-refractivity contribution is 0.288. The molecule has 0 saturated heterocycles. The van der Waals surface area contributed by atoms with Crippen molar-refractivity contribution >= 4 is 23.6 Å². The number of rotatable bonds is 6. The normalized spacial score (nSPS) is 10.8. The number of fused-ring (bicyclic) bond motifs is 1. The molecule has 2 aromatic rings. The number of nitrogens with zero attached hydrogens (tertiary/aromatic N) is 1. The maximum atomic E-state index is 5.59. The lowest BCUT2D eigenvalue weighted by Crippen LogP contribution is -1.98. The first-order valence-electron chi connectivity index (χ1n) is 6.08. The molecule has 5 heteroatoms. The summed E-state index contributed by atoms with van der Waals surface area (Å²) >= 11 is 4.22. The van der Waals surface area contributed by atoms with Crippen molar-refractivity contribution in [3.8, 4) is 11.5 Å². The first kappa shape index (κ1) is 13.1. The topological polar surface area (TPSA) is 44.5 Å². The van der Waals surface area contributed by atoms with Crippen molar-refractivity contribution in [1.29, 1.82) is 0 Å². The molecule has 1 aromatic carbocycles. The van der Waals surface area contributed by atoms with E-state index in [1.54, 1.807) is 0 Å². The number of thiol groups is 1. The van der Waals surface area contributed by atoms with Crippen molar-refractivity contribution in [3.63, 3.8) is 0 Å². The molecule has 0 unspecified atom stereocenters.